The Morgan fingerprint density at radius 2 is 2.06 bits per heavy atom. The number of benzene rings is 1. The van der Waals surface area contributed by atoms with Gasteiger partial charge in [0.1, 0.15) is 0 Å². The highest BCUT2D eigenvalue weighted by Crippen LogP contribution is 2.07. The number of hydrogen-bond donors (Lipinski definition) is 2. The zero-order chi connectivity index (χ0) is 13.4. The molecular weight excluding hydrogens is 228 g/mol. The van der Waals surface area contributed by atoms with Crippen LogP contribution in [0.1, 0.15) is 25.8 Å². The first-order valence-corrected chi connectivity index (χ1v) is 6.33. The number of ether oxygens (including phenoxy) is 1. The molecule has 1 aromatic carbocycles. The molecule has 1 atom stereocenters. The lowest BCUT2D eigenvalue weighted by Crippen LogP contribution is -2.36. The fourth-order valence-corrected chi connectivity index (χ4v) is 1.63. The fraction of sp³-hybridized carbons (Fsp3) is 0.500. The molecule has 0 bridgehead atoms. The molecule has 0 saturated heterocycles. The minimum Gasteiger partial charge on any atom is -0.399 e. The molecule has 0 fully saturated rings. The van der Waals surface area contributed by atoms with E-state index in [1.54, 1.807) is 0 Å². The number of carbonyl (C=O) groups is 1. The van der Waals surface area contributed by atoms with E-state index in [9.17, 15) is 4.79 Å². The quantitative estimate of drug-likeness (QED) is 0.724. The maximum atomic E-state index is 11.7. The van der Waals surface area contributed by atoms with Crippen LogP contribution in [0.15, 0.2) is 24.3 Å². The Hall–Kier alpha value is -1.55. The van der Waals surface area contributed by atoms with Gasteiger partial charge in [0.25, 0.3) is 0 Å². The van der Waals surface area contributed by atoms with Gasteiger partial charge in [-0.05, 0) is 38.0 Å². The molecule has 1 aromatic rings. The third-order valence-electron chi connectivity index (χ3n) is 2.60. The third-order valence-corrected chi connectivity index (χ3v) is 2.60. The molecule has 0 aromatic heterocycles. The maximum Gasteiger partial charge on any atom is 0.220 e. The predicted octanol–water partition coefficient (Wildman–Crippen LogP) is 1.74. The van der Waals surface area contributed by atoms with Gasteiger partial charge in [0.2, 0.25) is 5.91 Å². The molecule has 0 spiro atoms. The van der Waals surface area contributed by atoms with Crippen LogP contribution in [0.25, 0.3) is 0 Å². The standard InChI is InChI=1S/C14H22N2O2/c1-3-18-10-11(2)16-14(17)9-6-12-4-7-13(15)8-5-12/h4-5,7-8,11H,3,6,9-10,15H2,1-2H3,(H,16,17). The highest BCUT2D eigenvalue weighted by molar-refractivity contribution is 5.76. The summed E-state index contributed by atoms with van der Waals surface area (Å²) in [5.41, 5.74) is 7.47. The molecule has 4 heteroatoms. The number of amides is 1. The van der Waals surface area contributed by atoms with E-state index in [1.165, 1.54) is 0 Å². The Kier molecular flexibility index (Phi) is 6.22. The lowest BCUT2D eigenvalue weighted by Gasteiger charge is -2.13. The Labute approximate surface area is 109 Å². The van der Waals surface area contributed by atoms with E-state index >= 15 is 0 Å². The number of nitrogen functional groups attached to an aromatic ring is 1. The van der Waals surface area contributed by atoms with Gasteiger partial charge >= 0.3 is 0 Å². The van der Waals surface area contributed by atoms with Crippen LogP contribution in [-0.4, -0.2) is 25.2 Å². The lowest BCUT2D eigenvalue weighted by atomic mass is 10.1. The van der Waals surface area contributed by atoms with Crippen molar-refractivity contribution in [3.05, 3.63) is 29.8 Å². The van der Waals surface area contributed by atoms with E-state index in [0.29, 0.717) is 19.6 Å². The van der Waals surface area contributed by atoms with Crippen molar-refractivity contribution in [1.29, 1.82) is 0 Å². The van der Waals surface area contributed by atoms with E-state index in [4.69, 9.17) is 10.5 Å². The van der Waals surface area contributed by atoms with Crippen LogP contribution in [0, 0.1) is 0 Å². The van der Waals surface area contributed by atoms with Crippen LogP contribution in [0.4, 0.5) is 5.69 Å². The number of nitrogens with two attached hydrogens (primary N) is 1. The summed E-state index contributed by atoms with van der Waals surface area (Å²) in [5.74, 6) is 0.0547. The normalized spacial score (nSPS) is 12.1. The summed E-state index contributed by atoms with van der Waals surface area (Å²) in [4.78, 5) is 11.7. The largest absolute Gasteiger partial charge is 0.399 e. The first-order valence-electron chi connectivity index (χ1n) is 6.33. The van der Waals surface area contributed by atoms with Gasteiger partial charge < -0.3 is 15.8 Å². The van der Waals surface area contributed by atoms with Gasteiger partial charge in [-0.2, -0.15) is 0 Å². The molecule has 4 nitrogen and oxygen atoms in total. The Balaban J connectivity index is 2.26. The van der Waals surface area contributed by atoms with E-state index in [-0.39, 0.29) is 11.9 Å². The van der Waals surface area contributed by atoms with Gasteiger partial charge in [-0.3, -0.25) is 4.79 Å². The molecule has 1 amide bonds. The van der Waals surface area contributed by atoms with Crippen LogP contribution in [0.2, 0.25) is 0 Å². The second-order valence-electron chi connectivity index (χ2n) is 4.37. The molecular formula is C14H22N2O2. The molecule has 0 aliphatic carbocycles. The van der Waals surface area contributed by atoms with E-state index < -0.39 is 0 Å². The lowest BCUT2D eigenvalue weighted by molar-refractivity contribution is -0.122. The topological polar surface area (TPSA) is 64.3 Å². The van der Waals surface area contributed by atoms with Crippen LogP contribution in [0.5, 0.6) is 0 Å². The molecule has 3 N–H and O–H groups in total. The van der Waals surface area contributed by atoms with Gasteiger partial charge in [-0.25, -0.2) is 0 Å². The van der Waals surface area contributed by atoms with Crippen molar-refractivity contribution < 1.29 is 9.53 Å². The highest BCUT2D eigenvalue weighted by Gasteiger charge is 2.07. The number of anilines is 1. The first kappa shape index (κ1) is 14.5. The van der Waals surface area contributed by atoms with Crippen LogP contribution < -0.4 is 11.1 Å². The van der Waals surface area contributed by atoms with Gasteiger partial charge in [-0.1, -0.05) is 12.1 Å². The highest BCUT2D eigenvalue weighted by atomic mass is 16.5. The van der Waals surface area contributed by atoms with Gasteiger partial charge in [-0.15, -0.1) is 0 Å². The third kappa shape index (κ3) is 5.68. The van der Waals surface area contributed by atoms with Crippen LogP contribution in [-0.2, 0) is 16.0 Å². The van der Waals surface area contributed by atoms with Crippen molar-refractivity contribution in [2.75, 3.05) is 18.9 Å². The smallest absolute Gasteiger partial charge is 0.220 e. The zero-order valence-corrected chi connectivity index (χ0v) is 11.1. The molecule has 1 rings (SSSR count). The zero-order valence-electron chi connectivity index (χ0n) is 11.1. The van der Waals surface area contributed by atoms with E-state index in [2.05, 4.69) is 5.32 Å². The average molecular weight is 250 g/mol. The number of aryl methyl sites for hydroxylation is 1. The summed E-state index contributed by atoms with van der Waals surface area (Å²) in [5, 5.41) is 2.91. The van der Waals surface area contributed by atoms with Crippen molar-refractivity contribution >= 4 is 11.6 Å². The number of hydrogen-bond acceptors (Lipinski definition) is 3. The second-order valence-corrected chi connectivity index (χ2v) is 4.37. The van der Waals surface area contributed by atoms with Gasteiger partial charge in [0.15, 0.2) is 0 Å². The monoisotopic (exact) mass is 250 g/mol. The van der Waals surface area contributed by atoms with Crippen molar-refractivity contribution in [1.82, 2.24) is 5.32 Å². The molecule has 0 aliphatic rings. The van der Waals surface area contributed by atoms with E-state index in [1.807, 2.05) is 38.1 Å². The SMILES string of the molecule is CCOCC(C)NC(=O)CCc1ccc(N)cc1. The molecule has 0 radical (unpaired) electrons. The summed E-state index contributed by atoms with van der Waals surface area (Å²) in [6.07, 6.45) is 1.22. The molecule has 18 heavy (non-hydrogen) atoms. The van der Waals surface area contributed by atoms with Crippen molar-refractivity contribution in [3.8, 4) is 0 Å². The fourth-order valence-electron chi connectivity index (χ4n) is 1.63. The Bertz CT molecular complexity index is 363. The molecule has 1 unspecified atom stereocenters. The van der Waals surface area contributed by atoms with Crippen molar-refractivity contribution in [3.63, 3.8) is 0 Å². The second kappa shape index (κ2) is 7.71. The van der Waals surface area contributed by atoms with E-state index in [0.717, 1.165) is 17.7 Å². The number of rotatable bonds is 7. The van der Waals surface area contributed by atoms with Crippen LogP contribution >= 0.6 is 0 Å². The Morgan fingerprint density at radius 3 is 2.67 bits per heavy atom. The average Bonchev–Trinajstić information content (AvgIpc) is 2.35. The molecule has 0 heterocycles. The predicted molar refractivity (Wildman–Crippen MR) is 73.3 cm³/mol. The minimum atomic E-state index is 0.0547. The van der Waals surface area contributed by atoms with Gasteiger partial charge in [0, 0.05) is 24.8 Å². The van der Waals surface area contributed by atoms with Crippen molar-refractivity contribution in [2.24, 2.45) is 0 Å². The summed E-state index contributed by atoms with van der Waals surface area (Å²) in [6, 6.07) is 7.66. The van der Waals surface area contributed by atoms with Crippen LogP contribution in [0.3, 0.4) is 0 Å². The summed E-state index contributed by atoms with van der Waals surface area (Å²) >= 11 is 0. The summed E-state index contributed by atoms with van der Waals surface area (Å²) in [7, 11) is 0. The molecule has 100 valence electrons. The number of carbonyl (C=O) groups excluding carboxylic acids is 1. The number of nitrogens with one attached hydrogen (secondary N) is 1. The maximum absolute atomic E-state index is 11.7. The minimum absolute atomic E-state index is 0.0547. The first-order chi connectivity index (χ1) is 8.61. The molecule has 0 aliphatic heterocycles. The molecule has 0 saturated carbocycles. The summed E-state index contributed by atoms with van der Waals surface area (Å²) in [6.45, 7) is 5.11. The van der Waals surface area contributed by atoms with Gasteiger partial charge in [0.05, 0.1) is 6.61 Å². The van der Waals surface area contributed by atoms with Crippen molar-refractivity contribution in [2.45, 2.75) is 32.7 Å². The Morgan fingerprint density at radius 1 is 1.39 bits per heavy atom. The summed E-state index contributed by atoms with van der Waals surface area (Å²) < 4.78 is 5.24.